The van der Waals surface area contributed by atoms with Gasteiger partial charge in [0.2, 0.25) is 0 Å². The molecule has 106 valence electrons. The van der Waals surface area contributed by atoms with Crippen LogP contribution in [0, 0.1) is 29.4 Å². The van der Waals surface area contributed by atoms with Crippen LogP contribution in [0.1, 0.15) is 45.6 Å². The molecule has 1 saturated carbocycles. The molecule has 0 aliphatic heterocycles. The van der Waals surface area contributed by atoms with E-state index in [2.05, 4.69) is 13.8 Å². The van der Waals surface area contributed by atoms with Crippen molar-refractivity contribution >= 4 is 0 Å². The van der Waals surface area contributed by atoms with Crippen molar-refractivity contribution in [2.75, 3.05) is 0 Å². The predicted molar refractivity (Wildman–Crippen MR) is 73.6 cm³/mol. The Morgan fingerprint density at radius 3 is 2.16 bits per heavy atom. The molecule has 0 bridgehead atoms. The van der Waals surface area contributed by atoms with Gasteiger partial charge in [-0.3, -0.25) is 0 Å². The molecule has 0 aromatic heterocycles. The van der Waals surface area contributed by atoms with E-state index in [0.717, 1.165) is 25.3 Å². The molecule has 0 amide bonds. The third-order valence-corrected chi connectivity index (χ3v) is 4.93. The molecule has 4 atom stereocenters. The smallest absolute Gasteiger partial charge is 0.126 e. The fourth-order valence-corrected chi connectivity index (χ4v) is 3.19. The van der Waals surface area contributed by atoms with Crippen LogP contribution in [0.4, 0.5) is 8.78 Å². The van der Waals surface area contributed by atoms with Gasteiger partial charge in [0.1, 0.15) is 11.6 Å². The van der Waals surface area contributed by atoms with Crippen molar-refractivity contribution in [3.8, 4) is 0 Å². The molecule has 2 rings (SSSR count). The summed E-state index contributed by atoms with van der Waals surface area (Å²) in [4.78, 5) is 0. The number of hydrogen-bond donors (Lipinski definition) is 1. The number of benzene rings is 1. The SMILES string of the molecule is CC1CCC(C(C)(N)c2cc(F)cc(F)c2)CC1C. The van der Waals surface area contributed by atoms with Gasteiger partial charge in [0.15, 0.2) is 0 Å². The van der Waals surface area contributed by atoms with E-state index < -0.39 is 17.2 Å². The van der Waals surface area contributed by atoms with Gasteiger partial charge in [-0.15, -0.1) is 0 Å². The first kappa shape index (κ1) is 14.4. The van der Waals surface area contributed by atoms with Crippen LogP contribution in [-0.4, -0.2) is 0 Å². The van der Waals surface area contributed by atoms with Gasteiger partial charge in [-0.05, 0) is 55.2 Å². The maximum Gasteiger partial charge on any atom is 0.126 e. The van der Waals surface area contributed by atoms with Crippen LogP contribution in [0.2, 0.25) is 0 Å². The predicted octanol–water partition coefficient (Wildman–Crippen LogP) is 4.21. The lowest BCUT2D eigenvalue weighted by Gasteiger charge is -2.41. The molecule has 4 unspecified atom stereocenters. The Bertz CT molecular complexity index is 436. The zero-order valence-corrected chi connectivity index (χ0v) is 11.9. The molecule has 0 heterocycles. The second kappa shape index (κ2) is 5.20. The molecule has 1 aromatic rings. The first-order valence-corrected chi connectivity index (χ1v) is 7.06. The van der Waals surface area contributed by atoms with Crippen LogP contribution in [-0.2, 0) is 5.54 Å². The van der Waals surface area contributed by atoms with Gasteiger partial charge in [-0.2, -0.15) is 0 Å². The molecular weight excluding hydrogens is 244 g/mol. The highest BCUT2D eigenvalue weighted by Crippen LogP contribution is 2.42. The highest BCUT2D eigenvalue weighted by Gasteiger charge is 2.37. The maximum absolute atomic E-state index is 13.4. The monoisotopic (exact) mass is 267 g/mol. The van der Waals surface area contributed by atoms with Gasteiger partial charge in [0, 0.05) is 11.6 Å². The third-order valence-electron chi connectivity index (χ3n) is 4.93. The molecule has 0 radical (unpaired) electrons. The van der Waals surface area contributed by atoms with Gasteiger partial charge in [0.05, 0.1) is 0 Å². The van der Waals surface area contributed by atoms with E-state index in [4.69, 9.17) is 5.73 Å². The largest absolute Gasteiger partial charge is 0.321 e. The lowest BCUT2D eigenvalue weighted by molar-refractivity contribution is 0.142. The first-order chi connectivity index (χ1) is 8.80. The first-order valence-electron chi connectivity index (χ1n) is 7.06. The van der Waals surface area contributed by atoms with Gasteiger partial charge >= 0.3 is 0 Å². The Labute approximate surface area is 114 Å². The Morgan fingerprint density at radius 2 is 1.63 bits per heavy atom. The summed E-state index contributed by atoms with van der Waals surface area (Å²) in [5, 5.41) is 0. The molecular formula is C16H23F2N. The van der Waals surface area contributed by atoms with Crippen LogP contribution in [0.25, 0.3) is 0 Å². The van der Waals surface area contributed by atoms with Crippen LogP contribution < -0.4 is 5.73 Å². The summed E-state index contributed by atoms with van der Waals surface area (Å²) in [6, 6.07) is 3.63. The summed E-state index contributed by atoms with van der Waals surface area (Å²) in [5.74, 6) is 0.490. The molecule has 3 heteroatoms. The molecule has 2 N–H and O–H groups in total. The average Bonchev–Trinajstić information content (AvgIpc) is 2.31. The van der Waals surface area contributed by atoms with Gasteiger partial charge < -0.3 is 5.73 Å². The fraction of sp³-hybridized carbons (Fsp3) is 0.625. The summed E-state index contributed by atoms with van der Waals surface area (Å²) in [5.41, 5.74) is 6.32. The quantitative estimate of drug-likeness (QED) is 0.853. The minimum atomic E-state index is -0.669. The number of hydrogen-bond acceptors (Lipinski definition) is 1. The minimum absolute atomic E-state index is 0.278. The summed E-state index contributed by atoms with van der Waals surface area (Å²) >= 11 is 0. The maximum atomic E-state index is 13.4. The van der Waals surface area contributed by atoms with Gasteiger partial charge in [-0.25, -0.2) is 8.78 Å². The van der Waals surface area contributed by atoms with Crippen molar-refractivity contribution in [1.82, 2.24) is 0 Å². The molecule has 1 aliphatic rings. The van der Waals surface area contributed by atoms with E-state index in [0.29, 0.717) is 17.4 Å². The normalized spacial score (nSPS) is 30.9. The van der Waals surface area contributed by atoms with Crippen LogP contribution in [0.15, 0.2) is 18.2 Å². The van der Waals surface area contributed by atoms with Crippen molar-refractivity contribution < 1.29 is 8.78 Å². The van der Waals surface area contributed by atoms with Gasteiger partial charge in [-0.1, -0.05) is 20.3 Å². The average molecular weight is 267 g/mol. The van der Waals surface area contributed by atoms with Crippen LogP contribution in [0.3, 0.4) is 0 Å². The molecule has 1 nitrogen and oxygen atoms in total. The Balaban J connectivity index is 2.26. The number of halogens is 2. The highest BCUT2D eigenvalue weighted by atomic mass is 19.1. The number of rotatable bonds is 2. The third kappa shape index (κ3) is 2.97. The van der Waals surface area contributed by atoms with Crippen LogP contribution in [0.5, 0.6) is 0 Å². The van der Waals surface area contributed by atoms with E-state index in [-0.39, 0.29) is 5.92 Å². The van der Waals surface area contributed by atoms with E-state index in [9.17, 15) is 8.78 Å². The number of nitrogens with two attached hydrogens (primary N) is 1. The molecule has 1 aromatic carbocycles. The Hall–Kier alpha value is -0.960. The summed E-state index contributed by atoms with van der Waals surface area (Å²) in [6.07, 6.45) is 3.18. The molecule has 19 heavy (non-hydrogen) atoms. The van der Waals surface area contributed by atoms with Crippen molar-refractivity contribution in [3.05, 3.63) is 35.4 Å². The van der Waals surface area contributed by atoms with Crippen molar-refractivity contribution in [2.24, 2.45) is 23.5 Å². The minimum Gasteiger partial charge on any atom is -0.321 e. The topological polar surface area (TPSA) is 26.0 Å². The Kier molecular flexibility index (Phi) is 3.95. The van der Waals surface area contributed by atoms with Crippen molar-refractivity contribution in [3.63, 3.8) is 0 Å². The van der Waals surface area contributed by atoms with E-state index >= 15 is 0 Å². The lowest BCUT2D eigenvalue weighted by Crippen LogP contribution is -2.44. The summed E-state index contributed by atoms with van der Waals surface area (Å²) < 4.78 is 26.7. The Morgan fingerprint density at radius 1 is 1.05 bits per heavy atom. The lowest BCUT2D eigenvalue weighted by atomic mass is 9.67. The standard InChI is InChI=1S/C16H23F2N/c1-10-4-5-12(6-11(10)2)16(3,19)13-7-14(17)9-15(18)8-13/h7-12H,4-6,19H2,1-3H3. The molecule has 0 spiro atoms. The molecule has 1 fully saturated rings. The van der Waals surface area contributed by atoms with E-state index in [1.165, 1.54) is 12.1 Å². The molecule has 1 aliphatic carbocycles. The fourth-order valence-electron chi connectivity index (χ4n) is 3.19. The van der Waals surface area contributed by atoms with Crippen molar-refractivity contribution in [1.29, 1.82) is 0 Å². The van der Waals surface area contributed by atoms with Crippen LogP contribution >= 0.6 is 0 Å². The zero-order chi connectivity index (χ0) is 14.2. The second-order valence-electron chi connectivity index (χ2n) is 6.41. The van der Waals surface area contributed by atoms with E-state index in [1.807, 2.05) is 6.92 Å². The van der Waals surface area contributed by atoms with Gasteiger partial charge in [0.25, 0.3) is 0 Å². The van der Waals surface area contributed by atoms with E-state index in [1.54, 1.807) is 0 Å². The van der Waals surface area contributed by atoms with Crippen molar-refractivity contribution in [2.45, 2.75) is 45.6 Å². The summed E-state index contributed by atoms with van der Waals surface area (Å²) in [6.45, 7) is 6.39. The highest BCUT2D eigenvalue weighted by molar-refractivity contribution is 5.26. The summed E-state index contributed by atoms with van der Waals surface area (Å²) in [7, 11) is 0. The second-order valence-corrected chi connectivity index (χ2v) is 6.41. The molecule has 0 saturated heterocycles. The zero-order valence-electron chi connectivity index (χ0n) is 11.9.